The number of carbonyl (C=O) groups is 2. The van der Waals surface area contributed by atoms with Crippen LogP contribution in [0, 0.1) is 0 Å². The molecule has 5 nitrogen and oxygen atoms in total. The molecule has 5 heteroatoms. The second-order valence-corrected chi connectivity index (χ2v) is 5.77. The van der Waals surface area contributed by atoms with Gasteiger partial charge in [-0.05, 0) is 38.8 Å². The summed E-state index contributed by atoms with van der Waals surface area (Å²) in [5.74, 6) is 0.00979. The van der Waals surface area contributed by atoms with E-state index in [-0.39, 0.29) is 11.9 Å². The fourth-order valence-corrected chi connectivity index (χ4v) is 3.42. The molecule has 100 valence electrons. The zero-order chi connectivity index (χ0) is 12.6. The Hall–Kier alpha value is -1.10. The summed E-state index contributed by atoms with van der Waals surface area (Å²) in [7, 11) is 0. The molecule has 0 unspecified atom stereocenters. The van der Waals surface area contributed by atoms with Crippen molar-refractivity contribution in [3.63, 3.8) is 0 Å². The first-order valence-corrected chi connectivity index (χ1v) is 7.08. The second-order valence-electron chi connectivity index (χ2n) is 5.77. The molecule has 3 rings (SSSR count). The Morgan fingerprint density at radius 1 is 1.00 bits per heavy atom. The van der Waals surface area contributed by atoms with E-state index in [1.807, 2.05) is 0 Å². The maximum Gasteiger partial charge on any atom is 0.326 e. The summed E-state index contributed by atoms with van der Waals surface area (Å²) >= 11 is 0. The maximum atomic E-state index is 12.4. The fraction of sp³-hybridized carbons (Fsp3) is 0.846. The Kier molecular flexibility index (Phi) is 3.01. The molecule has 18 heavy (non-hydrogen) atoms. The predicted octanol–water partition coefficient (Wildman–Crippen LogP) is 1.29. The molecule has 0 aromatic rings. The number of hydrogen-bond acceptors (Lipinski definition) is 3. The van der Waals surface area contributed by atoms with Gasteiger partial charge in [-0.15, -0.1) is 0 Å². The highest BCUT2D eigenvalue weighted by Crippen LogP contribution is 2.35. The van der Waals surface area contributed by atoms with Gasteiger partial charge < -0.3 is 5.32 Å². The predicted molar refractivity (Wildman–Crippen MR) is 66.9 cm³/mol. The second kappa shape index (κ2) is 4.53. The van der Waals surface area contributed by atoms with Gasteiger partial charge in [0, 0.05) is 0 Å². The Morgan fingerprint density at radius 3 is 2.33 bits per heavy atom. The largest absolute Gasteiger partial charge is 0.326 e. The average molecular weight is 251 g/mol. The number of piperidine rings is 1. The molecule has 0 bridgehead atoms. The minimum absolute atomic E-state index is 0.00979. The smallest absolute Gasteiger partial charge is 0.323 e. The lowest BCUT2D eigenvalue weighted by atomic mass is 9.98. The molecule has 0 atom stereocenters. The van der Waals surface area contributed by atoms with Crippen LogP contribution in [0.15, 0.2) is 0 Å². The summed E-state index contributed by atoms with van der Waals surface area (Å²) in [6, 6.07) is -0.188. The van der Waals surface area contributed by atoms with Crippen molar-refractivity contribution < 1.29 is 9.59 Å². The molecule has 1 aliphatic carbocycles. The molecule has 1 N–H and O–H groups in total. The zero-order valence-electron chi connectivity index (χ0n) is 10.8. The summed E-state index contributed by atoms with van der Waals surface area (Å²) in [6.07, 6.45) is 7.33. The van der Waals surface area contributed by atoms with Gasteiger partial charge in [-0.1, -0.05) is 19.3 Å². The lowest BCUT2D eigenvalue weighted by Crippen LogP contribution is -2.46. The van der Waals surface area contributed by atoms with E-state index < -0.39 is 5.54 Å². The molecule has 2 saturated heterocycles. The van der Waals surface area contributed by atoms with Crippen molar-refractivity contribution in [2.45, 2.75) is 50.5 Å². The molecule has 3 aliphatic rings. The van der Waals surface area contributed by atoms with Crippen molar-refractivity contribution in [2.24, 2.45) is 0 Å². The number of urea groups is 1. The van der Waals surface area contributed by atoms with Crippen molar-refractivity contribution in [1.29, 1.82) is 0 Å². The molecule has 0 aromatic heterocycles. The van der Waals surface area contributed by atoms with Crippen molar-refractivity contribution in [2.75, 3.05) is 19.8 Å². The Bertz CT molecular complexity index is 357. The number of rotatable bonds is 2. The van der Waals surface area contributed by atoms with Crippen LogP contribution < -0.4 is 5.32 Å². The number of imide groups is 1. The fourth-order valence-electron chi connectivity index (χ4n) is 3.42. The van der Waals surface area contributed by atoms with Crippen molar-refractivity contribution >= 4 is 11.9 Å². The zero-order valence-corrected chi connectivity index (χ0v) is 10.8. The molecule has 2 aliphatic heterocycles. The lowest BCUT2D eigenvalue weighted by molar-refractivity contribution is -0.132. The highest BCUT2D eigenvalue weighted by Gasteiger charge is 2.52. The Balaban J connectivity index is 1.68. The monoisotopic (exact) mass is 251 g/mol. The van der Waals surface area contributed by atoms with Crippen molar-refractivity contribution in [3.05, 3.63) is 0 Å². The van der Waals surface area contributed by atoms with E-state index in [4.69, 9.17) is 0 Å². The Labute approximate surface area is 107 Å². The molecule has 3 amide bonds. The summed E-state index contributed by atoms with van der Waals surface area (Å²) < 4.78 is 0. The van der Waals surface area contributed by atoms with E-state index in [2.05, 4.69) is 10.2 Å². The molecule has 0 aromatic carbocycles. The third kappa shape index (κ3) is 1.90. The summed E-state index contributed by atoms with van der Waals surface area (Å²) in [6.45, 7) is 2.49. The van der Waals surface area contributed by atoms with Crippen LogP contribution in [0.1, 0.15) is 44.9 Å². The van der Waals surface area contributed by atoms with E-state index in [1.165, 1.54) is 24.2 Å². The average Bonchev–Trinajstić information content (AvgIpc) is 2.93. The molecule has 1 spiro atoms. The van der Waals surface area contributed by atoms with Gasteiger partial charge in [-0.2, -0.15) is 0 Å². The SMILES string of the molecule is O=C1NC2(CCCC2)C(=O)N1CN1CCCCC1. The number of nitrogens with zero attached hydrogens (tertiary/aromatic N) is 2. The van der Waals surface area contributed by atoms with Crippen molar-refractivity contribution in [3.8, 4) is 0 Å². The minimum Gasteiger partial charge on any atom is -0.323 e. The maximum absolute atomic E-state index is 12.4. The number of likely N-dealkylation sites (tertiary alicyclic amines) is 1. The third-order valence-corrected chi connectivity index (χ3v) is 4.49. The number of carbonyl (C=O) groups excluding carboxylic acids is 2. The van der Waals surface area contributed by atoms with Crippen LogP contribution in [0.25, 0.3) is 0 Å². The van der Waals surface area contributed by atoms with Crippen LogP contribution in [0.2, 0.25) is 0 Å². The van der Waals surface area contributed by atoms with Crippen molar-refractivity contribution in [1.82, 2.24) is 15.1 Å². The van der Waals surface area contributed by atoms with Gasteiger partial charge in [0.05, 0.1) is 6.67 Å². The molecular formula is C13H21N3O2. The van der Waals surface area contributed by atoms with Crippen LogP contribution >= 0.6 is 0 Å². The van der Waals surface area contributed by atoms with Gasteiger partial charge in [-0.25, -0.2) is 9.69 Å². The molecule has 3 fully saturated rings. The first kappa shape index (κ1) is 12.0. The molecule has 1 saturated carbocycles. The van der Waals surface area contributed by atoms with Crippen LogP contribution in [0.5, 0.6) is 0 Å². The first-order chi connectivity index (χ1) is 8.71. The highest BCUT2D eigenvalue weighted by atomic mass is 16.2. The normalized spacial score (nSPS) is 28.1. The number of nitrogens with one attached hydrogen (secondary N) is 1. The number of amides is 3. The van der Waals surface area contributed by atoms with Gasteiger partial charge in [0.25, 0.3) is 5.91 Å². The van der Waals surface area contributed by atoms with E-state index >= 15 is 0 Å². The minimum atomic E-state index is -0.549. The summed E-state index contributed by atoms with van der Waals surface area (Å²) in [4.78, 5) is 28.1. The van der Waals surface area contributed by atoms with Crippen LogP contribution in [-0.2, 0) is 4.79 Å². The summed E-state index contributed by atoms with van der Waals surface area (Å²) in [5, 5.41) is 2.93. The molecular weight excluding hydrogens is 230 g/mol. The van der Waals surface area contributed by atoms with Crippen LogP contribution in [0.4, 0.5) is 4.79 Å². The van der Waals surface area contributed by atoms with E-state index in [0.29, 0.717) is 6.67 Å². The van der Waals surface area contributed by atoms with E-state index in [1.54, 1.807) is 0 Å². The lowest BCUT2D eigenvalue weighted by Gasteiger charge is -2.29. The first-order valence-electron chi connectivity index (χ1n) is 7.08. The molecule has 0 radical (unpaired) electrons. The highest BCUT2D eigenvalue weighted by molar-refractivity contribution is 6.07. The topological polar surface area (TPSA) is 52.7 Å². The van der Waals surface area contributed by atoms with Gasteiger partial charge in [0.15, 0.2) is 0 Å². The third-order valence-electron chi connectivity index (χ3n) is 4.49. The molecule has 2 heterocycles. The van der Waals surface area contributed by atoms with E-state index in [9.17, 15) is 9.59 Å². The van der Waals surface area contributed by atoms with Gasteiger partial charge in [0.2, 0.25) is 0 Å². The van der Waals surface area contributed by atoms with Crippen LogP contribution in [-0.4, -0.2) is 47.0 Å². The number of hydrogen-bond donors (Lipinski definition) is 1. The Morgan fingerprint density at radius 2 is 1.67 bits per heavy atom. The standard InChI is InChI=1S/C13H21N3O2/c17-11-13(6-2-3-7-13)14-12(18)16(11)10-15-8-4-1-5-9-15/h1-10H2,(H,14,18). The quantitative estimate of drug-likeness (QED) is 0.753. The van der Waals surface area contributed by atoms with E-state index in [0.717, 1.165) is 38.8 Å². The summed E-state index contributed by atoms with van der Waals surface area (Å²) in [5.41, 5.74) is -0.549. The van der Waals surface area contributed by atoms with Gasteiger partial charge >= 0.3 is 6.03 Å². The van der Waals surface area contributed by atoms with Crippen LogP contribution in [0.3, 0.4) is 0 Å². The van der Waals surface area contributed by atoms with Gasteiger partial charge in [-0.3, -0.25) is 9.69 Å². The van der Waals surface area contributed by atoms with Gasteiger partial charge in [0.1, 0.15) is 5.54 Å².